The number of aliphatic hydroxyl groups excluding tert-OH is 1. The highest BCUT2D eigenvalue weighted by atomic mass is 127. The van der Waals surface area contributed by atoms with Gasteiger partial charge in [0.05, 0.1) is 19.3 Å². The highest BCUT2D eigenvalue weighted by Crippen LogP contribution is 2.21. The fourth-order valence-corrected chi connectivity index (χ4v) is 3.06. The molecule has 2 rings (SSSR count). The van der Waals surface area contributed by atoms with E-state index in [1.54, 1.807) is 0 Å². The molecule has 1 aliphatic rings. The second-order valence-corrected chi connectivity index (χ2v) is 6.65. The monoisotopic (exact) mass is 476 g/mol. The van der Waals surface area contributed by atoms with E-state index in [0.717, 1.165) is 45.8 Å². The van der Waals surface area contributed by atoms with Crippen LogP contribution in [-0.2, 0) is 4.74 Å². The number of halogens is 1. The number of nitrogens with one attached hydrogen (secondary N) is 1. The van der Waals surface area contributed by atoms with E-state index in [9.17, 15) is 5.11 Å². The van der Waals surface area contributed by atoms with Crippen LogP contribution in [-0.4, -0.2) is 68.0 Å². The number of rotatable bonds is 9. The summed E-state index contributed by atoms with van der Waals surface area (Å²) in [6.45, 7) is 7.97. The van der Waals surface area contributed by atoms with Gasteiger partial charge in [0.15, 0.2) is 5.96 Å². The van der Waals surface area contributed by atoms with Crippen molar-refractivity contribution in [1.82, 2.24) is 10.2 Å². The lowest BCUT2D eigenvalue weighted by Gasteiger charge is -2.26. The summed E-state index contributed by atoms with van der Waals surface area (Å²) in [6, 6.07) is 10.2. The largest absolute Gasteiger partial charge is 0.393 e. The van der Waals surface area contributed by atoms with E-state index in [-0.39, 0.29) is 36.0 Å². The Labute approximate surface area is 174 Å². The van der Waals surface area contributed by atoms with E-state index in [0.29, 0.717) is 18.9 Å². The number of benzene rings is 1. The van der Waals surface area contributed by atoms with E-state index in [1.807, 2.05) is 25.1 Å². The molecule has 1 aromatic rings. The van der Waals surface area contributed by atoms with Crippen LogP contribution in [0.25, 0.3) is 0 Å². The minimum atomic E-state index is -0.358. The second-order valence-electron chi connectivity index (χ2n) is 6.65. The predicted molar refractivity (Wildman–Crippen MR) is 117 cm³/mol. The maximum Gasteiger partial charge on any atom is 0.188 e. The van der Waals surface area contributed by atoms with Crippen LogP contribution in [0.15, 0.2) is 35.3 Å². The smallest absolute Gasteiger partial charge is 0.188 e. The molecule has 0 amide bonds. The Balaban J connectivity index is 0.00000338. The number of guanidine groups is 1. The first-order chi connectivity index (χ1) is 12.1. The molecule has 0 radical (unpaired) electrons. The first-order valence-corrected chi connectivity index (χ1v) is 9.22. The topological polar surface area (TPSA) is 83.1 Å². The summed E-state index contributed by atoms with van der Waals surface area (Å²) in [6.07, 6.45) is 1.35. The molecule has 7 heteroatoms. The zero-order valence-electron chi connectivity index (χ0n) is 15.6. The molecule has 0 aromatic heterocycles. The third-order valence-electron chi connectivity index (χ3n) is 4.44. The summed E-state index contributed by atoms with van der Waals surface area (Å²) in [7, 11) is 0. The van der Waals surface area contributed by atoms with Gasteiger partial charge in [-0.15, -0.1) is 24.0 Å². The molecule has 0 spiro atoms. The highest BCUT2D eigenvalue weighted by Gasteiger charge is 2.14. The Morgan fingerprint density at radius 1 is 1.31 bits per heavy atom. The molecule has 1 aliphatic heterocycles. The van der Waals surface area contributed by atoms with Gasteiger partial charge in [0.2, 0.25) is 0 Å². The van der Waals surface area contributed by atoms with Crippen LogP contribution >= 0.6 is 24.0 Å². The van der Waals surface area contributed by atoms with Crippen molar-refractivity contribution in [3.8, 4) is 0 Å². The quantitative estimate of drug-likeness (QED) is 0.219. The van der Waals surface area contributed by atoms with Gasteiger partial charge in [-0.1, -0.05) is 30.3 Å². The van der Waals surface area contributed by atoms with Crippen LogP contribution < -0.4 is 11.1 Å². The van der Waals surface area contributed by atoms with E-state index in [2.05, 4.69) is 27.3 Å². The average Bonchev–Trinajstić information content (AvgIpc) is 2.63. The molecule has 1 fully saturated rings. The van der Waals surface area contributed by atoms with Crippen molar-refractivity contribution in [3.63, 3.8) is 0 Å². The molecule has 1 saturated heterocycles. The molecule has 2 unspecified atom stereocenters. The Hall–Kier alpha value is -0.900. The van der Waals surface area contributed by atoms with Crippen LogP contribution in [0, 0.1) is 0 Å². The van der Waals surface area contributed by atoms with E-state index < -0.39 is 0 Å². The molecular weight excluding hydrogens is 443 g/mol. The number of morpholine rings is 1. The van der Waals surface area contributed by atoms with Crippen molar-refractivity contribution in [1.29, 1.82) is 0 Å². The number of hydrogen-bond acceptors (Lipinski definition) is 4. The Morgan fingerprint density at radius 3 is 2.65 bits per heavy atom. The summed E-state index contributed by atoms with van der Waals surface area (Å²) >= 11 is 0. The van der Waals surface area contributed by atoms with Gasteiger partial charge in [-0.2, -0.15) is 0 Å². The molecule has 2 atom stereocenters. The Kier molecular flexibility index (Phi) is 11.8. The van der Waals surface area contributed by atoms with Crippen LogP contribution in [0.3, 0.4) is 0 Å². The molecule has 1 aromatic carbocycles. The lowest BCUT2D eigenvalue weighted by molar-refractivity contribution is 0.0376. The van der Waals surface area contributed by atoms with Gasteiger partial charge in [0.25, 0.3) is 0 Å². The number of nitrogens with zero attached hydrogens (tertiary/aromatic N) is 2. The van der Waals surface area contributed by atoms with Gasteiger partial charge in [-0.3, -0.25) is 9.89 Å². The molecule has 0 aliphatic carbocycles. The van der Waals surface area contributed by atoms with Gasteiger partial charge in [0.1, 0.15) is 0 Å². The maximum absolute atomic E-state index is 9.74. The van der Waals surface area contributed by atoms with E-state index in [4.69, 9.17) is 10.5 Å². The standard InChI is InChI=1S/C19H32N4O2.HI/c1-16(24)14-18(17-6-3-2-4-7-17)15-22-19(20)21-8-5-9-23-10-12-25-13-11-23;/h2-4,6-7,16,18,24H,5,8-15H2,1H3,(H3,20,21,22);1H. The summed E-state index contributed by atoms with van der Waals surface area (Å²) in [5, 5.41) is 12.9. The third kappa shape index (κ3) is 9.16. The third-order valence-corrected chi connectivity index (χ3v) is 4.44. The number of hydrogen-bond donors (Lipinski definition) is 3. The molecule has 6 nitrogen and oxygen atoms in total. The van der Waals surface area contributed by atoms with E-state index >= 15 is 0 Å². The summed E-state index contributed by atoms with van der Waals surface area (Å²) in [5.74, 6) is 0.656. The first-order valence-electron chi connectivity index (χ1n) is 9.22. The lowest BCUT2D eigenvalue weighted by Crippen LogP contribution is -2.39. The SMILES string of the molecule is CC(O)CC(CN=C(N)NCCCN1CCOCC1)c1ccccc1.I. The fourth-order valence-electron chi connectivity index (χ4n) is 3.06. The van der Waals surface area contributed by atoms with Crippen LogP contribution in [0.5, 0.6) is 0 Å². The van der Waals surface area contributed by atoms with Crippen LogP contribution in [0.4, 0.5) is 0 Å². The molecule has 1 heterocycles. The van der Waals surface area contributed by atoms with Gasteiger partial charge < -0.3 is 20.9 Å². The second kappa shape index (κ2) is 13.3. The highest BCUT2D eigenvalue weighted by molar-refractivity contribution is 14.0. The molecular formula is C19H33IN4O2. The lowest BCUT2D eigenvalue weighted by atomic mass is 9.93. The number of aliphatic hydroxyl groups is 1. The van der Waals surface area contributed by atoms with Gasteiger partial charge >= 0.3 is 0 Å². The minimum absolute atomic E-state index is 0. The fraction of sp³-hybridized carbons (Fsp3) is 0.632. The van der Waals surface area contributed by atoms with Crippen molar-refractivity contribution in [2.75, 3.05) is 45.9 Å². The van der Waals surface area contributed by atoms with Gasteiger partial charge in [0, 0.05) is 32.1 Å². The number of nitrogens with two attached hydrogens (primary N) is 1. The van der Waals surface area contributed by atoms with Crippen LogP contribution in [0.2, 0.25) is 0 Å². The summed E-state index contributed by atoms with van der Waals surface area (Å²) < 4.78 is 5.35. The predicted octanol–water partition coefficient (Wildman–Crippen LogP) is 1.79. The molecule has 148 valence electrons. The first kappa shape index (κ1) is 23.1. The Bertz CT molecular complexity index is 508. The van der Waals surface area contributed by atoms with Crippen LogP contribution in [0.1, 0.15) is 31.2 Å². The van der Waals surface area contributed by atoms with Gasteiger partial charge in [-0.05, 0) is 31.9 Å². The molecule has 26 heavy (non-hydrogen) atoms. The zero-order valence-corrected chi connectivity index (χ0v) is 18.0. The minimum Gasteiger partial charge on any atom is -0.393 e. The Morgan fingerprint density at radius 2 is 2.00 bits per heavy atom. The zero-order chi connectivity index (χ0) is 17.9. The van der Waals surface area contributed by atoms with Crippen molar-refractivity contribution in [2.24, 2.45) is 10.7 Å². The van der Waals surface area contributed by atoms with Crippen molar-refractivity contribution < 1.29 is 9.84 Å². The number of ether oxygens (including phenoxy) is 1. The molecule has 4 N–H and O–H groups in total. The number of aliphatic imine (C=N–C) groups is 1. The molecule has 0 saturated carbocycles. The average molecular weight is 476 g/mol. The van der Waals surface area contributed by atoms with Crippen molar-refractivity contribution in [2.45, 2.75) is 31.8 Å². The van der Waals surface area contributed by atoms with Gasteiger partial charge in [-0.25, -0.2) is 0 Å². The van der Waals surface area contributed by atoms with Crippen molar-refractivity contribution in [3.05, 3.63) is 35.9 Å². The van der Waals surface area contributed by atoms with E-state index in [1.165, 1.54) is 5.56 Å². The molecule has 0 bridgehead atoms. The summed E-state index contributed by atoms with van der Waals surface area (Å²) in [4.78, 5) is 6.89. The summed E-state index contributed by atoms with van der Waals surface area (Å²) in [5.41, 5.74) is 7.18. The van der Waals surface area contributed by atoms with Crippen molar-refractivity contribution >= 4 is 29.9 Å². The normalized spacial score (nSPS) is 18.0. The maximum atomic E-state index is 9.74.